The number of halogens is 1. The van der Waals surface area contributed by atoms with Gasteiger partial charge in [0.2, 0.25) is 0 Å². The molecular weight excluding hydrogens is 229 g/mol. The van der Waals surface area contributed by atoms with Crippen LogP contribution in [0.5, 0.6) is 0 Å². The van der Waals surface area contributed by atoms with Crippen molar-refractivity contribution < 1.29 is 9.13 Å². The minimum Gasteiger partial charge on any atom is -0.380 e. The molecule has 18 heavy (non-hydrogen) atoms. The Bertz CT molecular complexity index is 442. The van der Waals surface area contributed by atoms with Crippen molar-refractivity contribution >= 4 is 5.69 Å². The van der Waals surface area contributed by atoms with E-state index in [0.29, 0.717) is 11.7 Å². The Hall–Kier alpha value is -1.09. The van der Waals surface area contributed by atoms with Crippen LogP contribution >= 0.6 is 0 Å². The van der Waals surface area contributed by atoms with Gasteiger partial charge in [-0.15, -0.1) is 0 Å². The summed E-state index contributed by atoms with van der Waals surface area (Å²) in [5, 5.41) is 3.34. The van der Waals surface area contributed by atoms with E-state index in [4.69, 9.17) is 4.74 Å². The molecule has 1 spiro atoms. The summed E-state index contributed by atoms with van der Waals surface area (Å²) in [4.78, 5) is 0. The van der Waals surface area contributed by atoms with Crippen LogP contribution in [-0.4, -0.2) is 18.2 Å². The van der Waals surface area contributed by atoms with Gasteiger partial charge in [0.05, 0.1) is 11.3 Å². The summed E-state index contributed by atoms with van der Waals surface area (Å²) in [6, 6.07) is 5.72. The first-order valence-electron chi connectivity index (χ1n) is 6.84. The molecule has 3 heteroatoms. The number of hydrogen-bond donors (Lipinski definition) is 1. The third-order valence-electron chi connectivity index (χ3n) is 4.24. The highest BCUT2D eigenvalue weighted by molar-refractivity contribution is 5.47. The molecule has 0 amide bonds. The van der Waals surface area contributed by atoms with Crippen LogP contribution in [0, 0.1) is 12.7 Å². The van der Waals surface area contributed by atoms with E-state index in [-0.39, 0.29) is 11.4 Å². The maximum Gasteiger partial charge on any atom is 0.146 e. The zero-order valence-electron chi connectivity index (χ0n) is 10.8. The minimum atomic E-state index is -0.149. The van der Waals surface area contributed by atoms with Gasteiger partial charge in [0.25, 0.3) is 0 Å². The number of benzene rings is 1. The molecule has 3 rings (SSSR count). The highest BCUT2D eigenvalue weighted by atomic mass is 19.1. The molecule has 1 saturated heterocycles. The SMILES string of the molecule is Cc1ccc(NC2CCOC3(CCC3)C2)c(F)c1. The van der Waals surface area contributed by atoms with Crippen molar-refractivity contribution in [3.05, 3.63) is 29.6 Å². The zero-order valence-corrected chi connectivity index (χ0v) is 10.8. The van der Waals surface area contributed by atoms with Gasteiger partial charge in [-0.2, -0.15) is 0 Å². The molecule has 2 fully saturated rings. The highest BCUT2D eigenvalue weighted by Crippen LogP contribution is 2.42. The van der Waals surface area contributed by atoms with Crippen molar-refractivity contribution in [2.24, 2.45) is 0 Å². The molecule has 1 atom stereocenters. The fourth-order valence-corrected chi connectivity index (χ4v) is 3.03. The van der Waals surface area contributed by atoms with Gasteiger partial charge in [-0.25, -0.2) is 4.39 Å². The summed E-state index contributed by atoms with van der Waals surface area (Å²) in [6.07, 6.45) is 5.59. The lowest BCUT2D eigenvalue weighted by molar-refractivity contribution is -0.130. The van der Waals surface area contributed by atoms with Crippen molar-refractivity contribution in [1.82, 2.24) is 0 Å². The van der Waals surface area contributed by atoms with Gasteiger partial charge in [0, 0.05) is 12.6 Å². The largest absolute Gasteiger partial charge is 0.380 e. The molecule has 1 aliphatic heterocycles. The van der Waals surface area contributed by atoms with Gasteiger partial charge in [0.15, 0.2) is 0 Å². The Morgan fingerprint density at radius 3 is 2.89 bits per heavy atom. The van der Waals surface area contributed by atoms with E-state index in [0.717, 1.165) is 25.0 Å². The number of ether oxygens (including phenoxy) is 1. The molecule has 0 bridgehead atoms. The second-order valence-corrected chi connectivity index (χ2v) is 5.70. The molecule has 98 valence electrons. The van der Waals surface area contributed by atoms with Gasteiger partial charge in [0.1, 0.15) is 5.82 Å². The average Bonchev–Trinajstić information content (AvgIpc) is 2.31. The number of hydrogen-bond acceptors (Lipinski definition) is 2. The van der Waals surface area contributed by atoms with Gasteiger partial charge in [-0.1, -0.05) is 6.07 Å². The van der Waals surface area contributed by atoms with Crippen LogP contribution in [-0.2, 0) is 4.74 Å². The summed E-state index contributed by atoms with van der Waals surface area (Å²) in [5.74, 6) is -0.149. The fourth-order valence-electron chi connectivity index (χ4n) is 3.03. The predicted octanol–water partition coefficient (Wildman–Crippen LogP) is 3.65. The van der Waals surface area contributed by atoms with Gasteiger partial charge < -0.3 is 10.1 Å². The third-order valence-corrected chi connectivity index (χ3v) is 4.24. The normalized spacial score (nSPS) is 25.8. The molecule has 1 N–H and O–H groups in total. The average molecular weight is 249 g/mol. The molecule has 1 saturated carbocycles. The number of nitrogens with one attached hydrogen (secondary N) is 1. The second kappa shape index (κ2) is 4.54. The van der Waals surface area contributed by atoms with Crippen LogP contribution in [0.2, 0.25) is 0 Å². The van der Waals surface area contributed by atoms with Crippen LogP contribution < -0.4 is 5.32 Å². The number of anilines is 1. The minimum absolute atomic E-state index is 0.108. The van der Waals surface area contributed by atoms with E-state index in [1.807, 2.05) is 19.1 Å². The van der Waals surface area contributed by atoms with Crippen LogP contribution in [0.4, 0.5) is 10.1 Å². The summed E-state index contributed by atoms with van der Waals surface area (Å²) in [5.41, 5.74) is 1.69. The molecule has 1 unspecified atom stereocenters. The Balaban J connectivity index is 1.68. The molecule has 2 nitrogen and oxygen atoms in total. The third kappa shape index (κ3) is 2.24. The van der Waals surface area contributed by atoms with Crippen LogP contribution in [0.25, 0.3) is 0 Å². The first-order valence-corrected chi connectivity index (χ1v) is 6.84. The molecule has 2 aliphatic rings. The van der Waals surface area contributed by atoms with Gasteiger partial charge in [-0.3, -0.25) is 0 Å². The first kappa shape index (κ1) is 12.0. The van der Waals surface area contributed by atoms with Crippen molar-refractivity contribution in [2.45, 2.75) is 50.7 Å². The van der Waals surface area contributed by atoms with Gasteiger partial charge >= 0.3 is 0 Å². The van der Waals surface area contributed by atoms with E-state index < -0.39 is 0 Å². The summed E-state index contributed by atoms with van der Waals surface area (Å²) in [7, 11) is 0. The van der Waals surface area contributed by atoms with Crippen molar-refractivity contribution in [3.8, 4) is 0 Å². The van der Waals surface area contributed by atoms with E-state index in [2.05, 4.69) is 5.32 Å². The molecule has 0 radical (unpaired) electrons. The van der Waals surface area contributed by atoms with Crippen LogP contribution in [0.15, 0.2) is 18.2 Å². The lowest BCUT2D eigenvalue weighted by Gasteiger charge is -2.47. The Labute approximate surface area is 108 Å². The van der Waals surface area contributed by atoms with E-state index in [1.165, 1.54) is 19.3 Å². The zero-order chi connectivity index (χ0) is 12.6. The second-order valence-electron chi connectivity index (χ2n) is 5.70. The molecular formula is C15H20FNO. The summed E-state index contributed by atoms with van der Waals surface area (Å²) >= 11 is 0. The number of aryl methyl sites for hydroxylation is 1. The van der Waals surface area contributed by atoms with E-state index in [1.54, 1.807) is 6.07 Å². The molecule has 1 aromatic carbocycles. The van der Waals surface area contributed by atoms with Crippen molar-refractivity contribution in [2.75, 3.05) is 11.9 Å². The maximum absolute atomic E-state index is 13.8. The van der Waals surface area contributed by atoms with Crippen LogP contribution in [0.3, 0.4) is 0 Å². The van der Waals surface area contributed by atoms with Crippen molar-refractivity contribution in [1.29, 1.82) is 0 Å². The Kier molecular flexibility index (Phi) is 3.02. The monoisotopic (exact) mass is 249 g/mol. The summed E-state index contributed by atoms with van der Waals surface area (Å²) in [6.45, 7) is 2.70. The van der Waals surface area contributed by atoms with Crippen molar-refractivity contribution in [3.63, 3.8) is 0 Å². The topological polar surface area (TPSA) is 21.3 Å². The first-order chi connectivity index (χ1) is 8.67. The lowest BCUT2D eigenvalue weighted by atomic mass is 9.74. The smallest absolute Gasteiger partial charge is 0.146 e. The van der Waals surface area contributed by atoms with E-state index >= 15 is 0 Å². The quantitative estimate of drug-likeness (QED) is 0.864. The predicted molar refractivity (Wildman–Crippen MR) is 70.3 cm³/mol. The molecule has 1 heterocycles. The fraction of sp³-hybridized carbons (Fsp3) is 0.600. The van der Waals surface area contributed by atoms with E-state index in [9.17, 15) is 4.39 Å². The lowest BCUT2D eigenvalue weighted by Crippen LogP contribution is -2.49. The Morgan fingerprint density at radius 2 is 2.22 bits per heavy atom. The maximum atomic E-state index is 13.8. The molecule has 1 aromatic rings. The number of rotatable bonds is 2. The van der Waals surface area contributed by atoms with Crippen LogP contribution in [0.1, 0.15) is 37.7 Å². The highest BCUT2D eigenvalue weighted by Gasteiger charge is 2.42. The van der Waals surface area contributed by atoms with Gasteiger partial charge in [-0.05, 0) is 56.7 Å². The molecule has 0 aromatic heterocycles. The Morgan fingerprint density at radius 1 is 1.39 bits per heavy atom. The standard InChI is InChI=1S/C15H20FNO/c1-11-3-4-14(13(16)9-11)17-12-5-8-18-15(10-12)6-2-7-15/h3-4,9,12,17H,2,5-8,10H2,1H3. The summed E-state index contributed by atoms with van der Waals surface area (Å²) < 4.78 is 19.7. The molecule has 1 aliphatic carbocycles.